The Balaban J connectivity index is 2.39. The Kier molecular flexibility index (Phi) is 5.38. The minimum absolute atomic E-state index is 0.304. The molecule has 0 aromatic carbocycles. The summed E-state index contributed by atoms with van der Waals surface area (Å²) >= 11 is 0. The number of hydrogen-bond acceptors (Lipinski definition) is 1. The summed E-state index contributed by atoms with van der Waals surface area (Å²) in [6.07, 6.45) is 10.7. The highest BCUT2D eigenvalue weighted by Gasteiger charge is 2.25. The standard InChI is InChI=1S/C14H27N/c1-4-14(3,12-15-5-2)11-13-9-7-6-8-10-13/h4,13,15H,1,5-12H2,2-3H3. The van der Waals surface area contributed by atoms with E-state index in [0.29, 0.717) is 5.41 Å². The van der Waals surface area contributed by atoms with Crippen molar-refractivity contribution in [1.29, 1.82) is 0 Å². The third-order valence-corrected chi connectivity index (χ3v) is 3.75. The molecule has 15 heavy (non-hydrogen) atoms. The van der Waals surface area contributed by atoms with Gasteiger partial charge in [-0.15, -0.1) is 6.58 Å². The molecule has 0 aromatic rings. The molecule has 0 amide bonds. The van der Waals surface area contributed by atoms with E-state index in [2.05, 4.69) is 31.8 Å². The average Bonchev–Trinajstić information content (AvgIpc) is 2.28. The van der Waals surface area contributed by atoms with Gasteiger partial charge in [0.1, 0.15) is 0 Å². The molecule has 0 heterocycles. The lowest BCUT2D eigenvalue weighted by molar-refractivity contribution is 0.243. The van der Waals surface area contributed by atoms with Gasteiger partial charge in [-0.25, -0.2) is 0 Å². The lowest BCUT2D eigenvalue weighted by Crippen LogP contribution is -2.32. The second-order valence-electron chi connectivity index (χ2n) is 5.35. The van der Waals surface area contributed by atoms with E-state index >= 15 is 0 Å². The summed E-state index contributed by atoms with van der Waals surface area (Å²) in [5.41, 5.74) is 0.304. The molecular formula is C14H27N. The molecule has 1 aliphatic rings. The van der Waals surface area contributed by atoms with Gasteiger partial charge in [-0.3, -0.25) is 0 Å². The molecule has 88 valence electrons. The second-order valence-corrected chi connectivity index (χ2v) is 5.35. The third-order valence-electron chi connectivity index (χ3n) is 3.75. The highest BCUT2D eigenvalue weighted by molar-refractivity contribution is 4.94. The van der Waals surface area contributed by atoms with Crippen LogP contribution < -0.4 is 5.32 Å². The predicted octanol–water partition coefficient (Wildman–Crippen LogP) is 3.76. The molecule has 1 nitrogen and oxygen atoms in total. The van der Waals surface area contributed by atoms with Crippen LogP contribution in [-0.2, 0) is 0 Å². The van der Waals surface area contributed by atoms with Gasteiger partial charge >= 0.3 is 0 Å². The van der Waals surface area contributed by atoms with Crippen LogP contribution in [0, 0.1) is 11.3 Å². The first-order valence-electron chi connectivity index (χ1n) is 6.54. The van der Waals surface area contributed by atoms with E-state index in [-0.39, 0.29) is 0 Å². The van der Waals surface area contributed by atoms with Gasteiger partial charge in [-0.2, -0.15) is 0 Å². The summed E-state index contributed by atoms with van der Waals surface area (Å²) < 4.78 is 0. The normalized spacial score (nSPS) is 22.3. The van der Waals surface area contributed by atoms with Crippen LogP contribution in [0.15, 0.2) is 12.7 Å². The smallest absolute Gasteiger partial charge is 0.00397 e. The van der Waals surface area contributed by atoms with Gasteiger partial charge in [0.25, 0.3) is 0 Å². The summed E-state index contributed by atoms with van der Waals surface area (Å²) in [6, 6.07) is 0. The second kappa shape index (κ2) is 6.32. The Morgan fingerprint density at radius 2 is 2.00 bits per heavy atom. The summed E-state index contributed by atoms with van der Waals surface area (Å²) in [4.78, 5) is 0. The molecule has 1 heteroatoms. The minimum Gasteiger partial charge on any atom is -0.316 e. The van der Waals surface area contributed by atoms with Crippen LogP contribution in [0.3, 0.4) is 0 Å². The van der Waals surface area contributed by atoms with Crippen molar-refractivity contribution < 1.29 is 0 Å². The van der Waals surface area contributed by atoms with E-state index in [9.17, 15) is 0 Å². The fourth-order valence-electron chi connectivity index (χ4n) is 2.69. The maximum Gasteiger partial charge on any atom is 0.00397 e. The van der Waals surface area contributed by atoms with Gasteiger partial charge < -0.3 is 5.32 Å². The first kappa shape index (κ1) is 12.8. The topological polar surface area (TPSA) is 12.0 Å². The van der Waals surface area contributed by atoms with Crippen LogP contribution in [0.5, 0.6) is 0 Å². The maximum absolute atomic E-state index is 4.01. The zero-order valence-electron chi connectivity index (χ0n) is 10.5. The van der Waals surface area contributed by atoms with E-state index < -0.39 is 0 Å². The Labute approximate surface area is 95.3 Å². The van der Waals surface area contributed by atoms with Crippen molar-refractivity contribution in [3.63, 3.8) is 0 Å². The van der Waals surface area contributed by atoms with Crippen LogP contribution in [-0.4, -0.2) is 13.1 Å². The molecule has 0 spiro atoms. The number of nitrogens with one attached hydrogen (secondary N) is 1. The molecule has 0 bridgehead atoms. The Morgan fingerprint density at radius 3 is 2.53 bits per heavy atom. The molecule has 1 unspecified atom stereocenters. The minimum atomic E-state index is 0.304. The van der Waals surface area contributed by atoms with Crippen molar-refractivity contribution in [2.45, 2.75) is 52.4 Å². The SMILES string of the molecule is C=CC(C)(CNCC)CC1CCCCC1. The maximum atomic E-state index is 4.01. The predicted molar refractivity (Wildman–Crippen MR) is 68.0 cm³/mol. The Morgan fingerprint density at radius 1 is 1.33 bits per heavy atom. The van der Waals surface area contributed by atoms with Crippen molar-refractivity contribution in [3.05, 3.63) is 12.7 Å². The quantitative estimate of drug-likeness (QED) is 0.657. The van der Waals surface area contributed by atoms with Gasteiger partial charge in [-0.1, -0.05) is 52.0 Å². The summed E-state index contributed by atoms with van der Waals surface area (Å²) in [5, 5.41) is 3.46. The van der Waals surface area contributed by atoms with Crippen LogP contribution in [0.1, 0.15) is 52.4 Å². The zero-order chi connectivity index (χ0) is 11.1. The Hall–Kier alpha value is -0.300. The largest absolute Gasteiger partial charge is 0.316 e. The first-order chi connectivity index (χ1) is 7.20. The Bertz CT molecular complexity index is 182. The fourth-order valence-corrected chi connectivity index (χ4v) is 2.69. The van der Waals surface area contributed by atoms with E-state index in [4.69, 9.17) is 0 Å². The first-order valence-corrected chi connectivity index (χ1v) is 6.54. The molecule has 1 N–H and O–H groups in total. The van der Waals surface area contributed by atoms with Gasteiger partial charge in [0.05, 0.1) is 0 Å². The fraction of sp³-hybridized carbons (Fsp3) is 0.857. The zero-order valence-corrected chi connectivity index (χ0v) is 10.5. The van der Waals surface area contributed by atoms with Crippen LogP contribution in [0.4, 0.5) is 0 Å². The molecule has 1 aliphatic carbocycles. The van der Waals surface area contributed by atoms with Crippen molar-refractivity contribution >= 4 is 0 Å². The molecular weight excluding hydrogens is 182 g/mol. The van der Waals surface area contributed by atoms with E-state index in [1.165, 1.54) is 38.5 Å². The molecule has 0 saturated heterocycles. The lowest BCUT2D eigenvalue weighted by atomic mass is 9.75. The number of rotatable bonds is 6. The monoisotopic (exact) mass is 209 g/mol. The van der Waals surface area contributed by atoms with Gasteiger partial charge in [0, 0.05) is 6.54 Å². The van der Waals surface area contributed by atoms with Gasteiger partial charge in [-0.05, 0) is 24.3 Å². The van der Waals surface area contributed by atoms with Crippen molar-refractivity contribution in [2.24, 2.45) is 11.3 Å². The molecule has 1 atom stereocenters. The molecule has 1 fully saturated rings. The van der Waals surface area contributed by atoms with Crippen molar-refractivity contribution in [1.82, 2.24) is 5.32 Å². The van der Waals surface area contributed by atoms with Crippen molar-refractivity contribution in [2.75, 3.05) is 13.1 Å². The highest BCUT2D eigenvalue weighted by atomic mass is 14.9. The van der Waals surface area contributed by atoms with Crippen LogP contribution in [0.2, 0.25) is 0 Å². The van der Waals surface area contributed by atoms with Crippen molar-refractivity contribution in [3.8, 4) is 0 Å². The molecule has 1 saturated carbocycles. The summed E-state index contributed by atoms with van der Waals surface area (Å²) in [5.74, 6) is 0.945. The third kappa shape index (κ3) is 4.38. The number of hydrogen-bond donors (Lipinski definition) is 1. The average molecular weight is 209 g/mol. The molecule has 0 aromatic heterocycles. The van der Waals surface area contributed by atoms with E-state index in [1.54, 1.807) is 0 Å². The summed E-state index contributed by atoms with van der Waals surface area (Å²) in [6.45, 7) is 10.7. The molecule has 1 rings (SSSR count). The lowest BCUT2D eigenvalue weighted by Gasteiger charge is -2.32. The summed E-state index contributed by atoms with van der Waals surface area (Å²) in [7, 11) is 0. The van der Waals surface area contributed by atoms with E-state index in [1.807, 2.05) is 0 Å². The molecule has 0 radical (unpaired) electrons. The van der Waals surface area contributed by atoms with Crippen LogP contribution >= 0.6 is 0 Å². The molecule has 0 aliphatic heterocycles. The van der Waals surface area contributed by atoms with Crippen LogP contribution in [0.25, 0.3) is 0 Å². The highest BCUT2D eigenvalue weighted by Crippen LogP contribution is 2.34. The van der Waals surface area contributed by atoms with Gasteiger partial charge in [0.15, 0.2) is 0 Å². The van der Waals surface area contributed by atoms with E-state index in [0.717, 1.165) is 19.0 Å². The van der Waals surface area contributed by atoms with Gasteiger partial charge in [0.2, 0.25) is 0 Å².